The number of allylic oxidation sites excluding steroid dienone is 1. The van der Waals surface area contributed by atoms with E-state index in [0.29, 0.717) is 5.76 Å². The van der Waals surface area contributed by atoms with Gasteiger partial charge in [0, 0.05) is 5.02 Å². The maximum Gasteiger partial charge on any atom is 0.189 e. The number of ketones is 1. The number of aromatic hydroxyl groups is 1. The summed E-state index contributed by atoms with van der Waals surface area (Å²) in [6, 6.07) is 6.13. The molecule has 1 N–H and O–H groups in total. The minimum atomic E-state index is -0.409. The van der Waals surface area contributed by atoms with Gasteiger partial charge in [-0.1, -0.05) is 23.2 Å². The number of carbonyl (C=O) groups excluding carboxylic acids is 1. The second kappa shape index (κ2) is 5.29. The molecule has 0 radical (unpaired) electrons. The summed E-state index contributed by atoms with van der Waals surface area (Å²) in [4.78, 5) is 11.9. The molecule has 0 unspecified atom stereocenters. The van der Waals surface area contributed by atoms with E-state index in [-0.39, 0.29) is 21.4 Å². The van der Waals surface area contributed by atoms with Gasteiger partial charge in [0.05, 0.1) is 16.8 Å². The third-order valence-electron chi connectivity index (χ3n) is 2.24. The maximum absolute atomic E-state index is 11.9. The average Bonchev–Trinajstić information content (AvgIpc) is 2.83. The lowest BCUT2D eigenvalue weighted by molar-refractivity contribution is 0.104. The number of phenols is 1. The molecule has 0 aliphatic heterocycles. The Labute approximate surface area is 113 Å². The van der Waals surface area contributed by atoms with E-state index in [4.69, 9.17) is 27.6 Å². The Morgan fingerprint density at radius 1 is 1.33 bits per heavy atom. The van der Waals surface area contributed by atoms with Gasteiger partial charge in [-0.2, -0.15) is 0 Å². The van der Waals surface area contributed by atoms with Gasteiger partial charge in [-0.3, -0.25) is 4.79 Å². The van der Waals surface area contributed by atoms with Gasteiger partial charge in [0.1, 0.15) is 11.5 Å². The molecule has 0 saturated carbocycles. The average molecular weight is 283 g/mol. The topological polar surface area (TPSA) is 50.4 Å². The molecule has 0 aliphatic carbocycles. The van der Waals surface area contributed by atoms with Gasteiger partial charge in [-0.05, 0) is 36.4 Å². The summed E-state index contributed by atoms with van der Waals surface area (Å²) in [7, 11) is 0. The minimum Gasteiger partial charge on any atom is -0.506 e. The normalized spacial score (nSPS) is 11.0. The fraction of sp³-hybridized carbons (Fsp3) is 0. The monoisotopic (exact) mass is 282 g/mol. The van der Waals surface area contributed by atoms with Gasteiger partial charge in [0.15, 0.2) is 5.78 Å². The molecule has 0 atom stereocenters. The largest absolute Gasteiger partial charge is 0.506 e. The summed E-state index contributed by atoms with van der Waals surface area (Å²) in [5.41, 5.74) is 0.0512. The van der Waals surface area contributed by atoms with Crippen LogP contribution in [0, 0.1) is 0 Å². The van der Waals surface area contributed by atoms with E-state index < -0.39 is 5.78 Å². The maximum atomic E-state index is 11.9. The van der Waals surface area contributed by atoms with Crippen LogP contribution in [0.1, 0.15) is 16.1 Å². The highest BCUT2D eigenvalue weighted by atomic mass is 35.5. The van der Waals surface area contributed by atoms with Crippen LogP contribution in [0.25, 0.3) is 6.08 Å². The van der Waals surface area contributed by atoms with Gasteiger partial charge in [0.25, 0.3) is 0 Å². The molecule has 0 spiro atoms. The lowest BCUT2D eigenvalue weighted by Gasteiger charge is -2.03. The van der Waals surface area contributed by atoms with Crippen LogP contribution in [0.2, 0.25) is 10.0 Å². The fourth-order valence-corrected chi connectivity index (χ4v) is 1.88. The molecule has 0 fully saturated rings. The van der Waals surface area contributed by atoms with Crippen LogP contribution in [0.15, 0.2) is 41.0 Å². The summed E-state index contributed by atoms with van der Waals surface area (Å²) in [5.74, 6) is -0.153. The van der Waals surface area contributed by atoms with Crippen LogP contribution < -0.4 is 0 Å². The van der Waals surface area contributed by atoms with Crippen molar-refractivity contribution < 1.29 is 14.3 Å². The van der Waals surface area contributed by atoms with E-state index in [2.05, 4.69) is 0 Å². The lowest BCUT2D eigenvalue weighted by atomic mass is 10.1. The van der Waals surface area contributed by atoms with Crippen molar-refractivity contribution in [2.24, 2.45) is 0 Å². The number of carbonyl (C=O) groups is 1. The van der Waals surface area contributed by atoms with E-state index in [0.717, 1.165) is 0 Å². The van der Waals surface area contributed by atoms with Crippen LogP contribution in [0.4, 0.5) is 0 Å². The Kier molecular flexibility index (Phi) is 3.75. The van der Waals surface area contributed by atoms with E-state index >= 15 is 0 Å². The number of rotatable bonds is 3. The number of phenolic OH excluding ortho intramolecular Hbond substituents is 1. The van der Waals surface area contributed by atoms with Crippen LogP contribution >= 0.6 is 23.2 Å². The Morgan fingerprint density at radius 2 is 2.11 bits per heavy atom. The lowest BCUT2D eigenvalue weighted by Crippen LogP contribution is -1.95. The molecule has 2 aromatic rings. The third-order valence-corrected chi connectivity index (χ3v) is 2.74. The van der Waals surface area contributed by atoms with E-state index in [9.17, 15) is 9.90 Å². The summed E-state index contributed by atoms with van der Waals surface area (Å²) in [6.07, 6.45) is 4.27. The SMILES string of the molecule is O=C(C=Cc1ccco1)c1cc(Cl)cc(Cl)c1O. The van der Waals surface area contributed by atoms with Crippen molar-refractivity contribution in [3.8, 4) is 5.75 Å². The molecular formula is C13H8Cl2O3. The van der Waals surface area contributed by atoms with Gasteiger partial charge >= 0.3 is 0 Å². The zero-order valence-electron chi connectivity index (χ0n) is 9.06. The molecule has 5 heteroatoms. The van der Waals surface area contributed by atoms with Crippen molar-refractivity contribution in [2.75, 3.05) is 0 Å². The molecule has 92 valence electrons. The first-order valence-corrected chi connectivity index (χ1v) is 5.77. The summed E-state index contributed by atoms with van der Waals surface area (Å²) in [5, 5.41) is 10.0. The Hall–Kier alpha value is -1.71. The Morgan fingerprint density at radius 3 is 2.78 bits per heavy atom. The first kappa shape index (κ1) is 12.7. The standard InChI is InChI=1S/C13H8Cl2O3/c14-8-6-10(13(17)11(15)7-8)12(16)4-3-9-2-1-5-18-9/h1-7,17H. The van der Waals surface area contributed by atoms with Crippen molar-refractivity contribution in [3.63, 3.8) is 0 Å². The first-order chi connectivity index (χ1) is 8.58. The van der Waals surface area contributed by atoms with Gasteiger partial charge in [0.2, 0.25) is 0 Å². The van der Waals surface area contributed by atoms with Crippen LogP contribution in [-0.2, 0) is 0 Å². The van der Waals surface area contributed by atoms with Crippen LogP contribution in [0.5, 0.6) is 5.75 Å². The molecule has 0 aliphatic rings. The van der Waals surface area contributed by atoms with Crippen LogP contribution in [0.3, 0.4) is 0 Å². The number of furan rings is 1. The molecule has 1 aromatic carbocycles. The summed E-state index contributed by atoms with van der Waals surface area (Å²) < 4.78 is 5.04. The van der Waals surface area contributed by atoms with Gasteiger partial charge in [-0.15, -0.1) is 0 Å². The zero-order chi connectivity index (χ0) is 13.1. The molecule has 1 aromatic heterocycles. The number of hydrogen-bond acceptors (Lipinski definition) is 3. The van der Waals surface area contributed by atoms with Crippen molar-refractivity contribution in [1.29, 1.82) is 0 Å². The summed E-state index contributed by atoms with van der Waals surface area (Å²) >= 11 is 11.5. The molecular weight excluding hydrogens is 275 g/mol. The van der Waals surface area contributed by atoms with Crippen molar-refractivity contribution in [1.82, 2.24) is 0 Å². The Bertz CT molecular complexity index is 601. The predicted octanol–water partition coefficient (Wildman–Crippen LogP) is 4.19. The van der Waals surface area contributed by atoms with Crippen molar-refractivity contribution in [3.05, 3.63) is 58.0 Å². The first-order valence-electron chi connectivity index (χ1n) is 5.02. The van der Waals surface area contributed by atoms with Crippen LogP contribution in [-0.4, -0.2) is 10.9 Å². The van der Waals surface area contributed by atoms with E-state index in [1.807, 2.05) is 0 Å². The van der Waals surface area contributed by atoms with Crippen molar-refractivity contribution >= 4 is 35.1 Å². The molecule has 0 saturated heterocycles. The molecule has 1 heterocycles. The summed E-state index contributed by atoms with van der Waals surface area (Å²) in [6.45, 7) is 0. The second-order valence-electron chi connectivity index (χ2n) is 3.50. The fourth-order valence-electron chi connectivity index (χ4n) is 1.39. The Balaban J connectivity index is 2.29. The third kappa shape index (κ3) is 2.75. The molecule has 3 nitrogen and oxygen atoms in total. The molecule has 18 heavy (non-hydrogen) atoms. The number of halogens is 2. The van der Waals surface area contributed by atoms with Crippen molar-refractivity contribution in [2.45, 2.75) is 0 Å². The number of hydrogen-bond donors (Lipinski definition) is 1. The smallest absolute Gasteiger partial charge is 0.189 e. The van der Waals surface area contributed by atoms with Gasteiger partial charge in [-0.25, -0.2) is 0 Å². The van der Waals surface area contributed by atoms with E-state index in [1.165, 1.54) is 30.5 Å². The van der Waals surface area contributed by atoms with Gasteiger partial charge < -0.3 is 9.52 Å². The predicted molar refractivity (Wildman–Crippen MR) is 70.2 cm³/mol. The second-order valence-corrected chi connectivity index (χ2v) is 4.34. The zero-order valence-corrected chi connectivity index (χ0v) is 10.6. The highest BCUT2D eigenvalue weighted by Gasteiger charge is 2.13. The highest BCUT2D eigenvalue weighted by Crippen LogP contribution is 2.31. The molecule has 2 rings (SSSR count). The molecule has 0 amide bonds. The highest BCUT2D eigenvalue weighted by molar-refractivity contribution is 6.36. The molecule has 0 bridgehead atoms. The number of benzene rings is 1. The minimum absolute atomic E-state index is 0.0391. The quantitative estimate of drug-likeness (QED) is 0.678. The van der Waals surface area contributed by atoms with E-state index in [1.54, 1.807) is 12.1 Å².